The van der Waals surface area contributed by atoms with Crippen molar-refractivity contribution in [3.8, 4) is 11.3 Å². The summed E-state index contributed by atoms with van der Waals surface area (Å²) in [5, 5.41) is 6.13. The van der Waals surface area contributed by atoms with Crippen molar-refractivity contribution in [1.29, 1.82) is 0 Å². The highest BCUT2D eigenvalue weighted by Gasteiger charge is 2.43. The first-order valence-electron chi connectivity index (χ1n) is 26.3. The van der Waals surface area contributed by atoms with Gasteiger partial charge in [-0.05, 0) is 105 Å². The van der Waals surface area contributed by atoms with Gasteiger partial charge in [-0.3, -0.25) is 9.59 Å². The van der Waals surface area contributed by atoms with Crippen molar-refractivity contribution < 1.29 is 28.7 Å². The number of fused-ring (bicyclic) bond motifs is 1. The Hall–Kier alpha value is -5.16. The monoisotopic (exact) mass is 950 g/mol. The average molecular weight is 950 g/mol. The SMILES string of the molecule is CC(C)[C@H](NC(=O)N1CCOCC1)C(=O)N1CCC[C@H]1c1ncc(-c2cc(N3CCC(c4cnc([C@@H]5CCCN5C(=O)[C@@H](NC(=O)N5CCOCC5)C(C)C)[nH]4)CC3)cc3c2CC2(CCCC2)C3)[nH]1. The topological polar surface area (TPSA) is 184 Å². The maximum atomic E-state index is 14.3. The summed E-state index contributed by atoms with van der Waals surface area (Å²) in [4.78, 5) is 82.1. The molecule has 5 aliphatic heterocycles. The van der Waals surface area contributed by atoms with Crippen LogP contribution in [0.1, 0.15) is 138 Å². The fourth-order valence-corrected chi connectivity index (χ4v) is 12.6. The number of ether oxygens (including phenoxy) is 2. The average Bonchev–Trinajstić information content (AvgIpc) is 4.24. The van der Waals surface area contributed by atoms with E-state index in [-0.39, 0.29) is 47.8 Å². The molecule has 7 heterocycles. The molecule has 0 bridgehead atoms. The molecule has 1 spiro atoms. The first-order valence-corrected chi connectivity index (χ1v) is 26.3. The summed E-state index contributed by atoms with van der Waals surface area (Å²) in [6.07, 6.45) is 16.7. The van der Waals surface area contributed by atoms with Crippen molar-refractivity contribution in [2.75, 3.05) is 83.7 Å². The fourth-order valence-electron chi connectivity index (χ4n) is 12.6. The van der Waals surface area contributed by atoms with Crippen LogP contribution < -0.4 is 15.5 Å². The number of anilines is 1. The van der Waals surface area contributed by atoms with Crippen LogP contribution in [0, 0.1) is 17.3 Å². The van der Waals surface area contributed by atoms with Gasteiger partial charge in [-0.1, -0.05) is 40.5 Å². The number of benzene rings is 1. The van der Waals surface area contributed by atoms with Crippen molar-refractivity contribution >= 4 is 29.6 Å². The maximum absolute atomic E-state index is 14.3. The number of hydrogen-bond donors (Lipinski definition) is 4. The lowest BCUT2D eigenvalue weighted by atomic mass is 9.83. The molecule has 17 nitrogen and oxygen atoms in total. The number of nitrogens with zero attached hydrogens (tertiary/aromatic N) is 7. The Balaban J connectivity index is 0.823. The summed E-state index contributed by atoms with van der Waals surface area (Å²) in [7, 11) is 0. The molecule has 6 amide bonds. The maximum Gasteiger partial charge on any atom is 0.318 e. The van der Waals surface area contributed by atoms with Crippen molar-refractivity contribution in [3.05, 3.63) is 53.0 Å². The van der Waals surface area contributed by atoms with Crippen molar-refractivity contribution in [1.82, 2.24) is 50.2 Å². The molecular weight excluding hydrogens is 875 g/mol. The van der Waals surface area contributed by atoms with Gasteiger partial charge in [0, 0.05) is 81.4 Å². The van der Waals surface area contributed by atoms with Crippen molar-refractivity contribution in [2.24, 2.45) is 17.3 Å². The van der Waals surface area contributed by atoms with Gasteiger partial charge in [0.15, 0.2) is 0 Å². The van der Waals surface area contributed by atoms with E-state index in [1.165, 1.54) is 48.1 Å². The highest BCUT2D eigenvalue weighted by atomic mass is 16.5. The second kappa shape index (κ2) is 20.3. The largest absolute Gasteiger partial charge is 0.378 e. The molecule has 4 N–H and O–H groups in total. The predicted octanol–water partition coefficient (Wildman–Crippen LogP) is 6.30. The van der Waals surface area contributed by atoms with Crippen LogP contribution in [0.25, 0.3) is 11.3 Å². The highest BCUT2D eigenvalue weighted by Crippen LogP contribution is 2.52. The summed E-state index contributed by atoms with van der Waals surface area (Å²) in [6, 6.07) is 2.88. The van der Waals surface area contributed by atoms with E-state index >= 15 is 0 Å². The van der Waals surface area contributed by atoms with Crippen molar-refractivity contribution in [2.45, 2.75) is 135 Å². The van der Waals surface area contributed by atoms with Crippen LogP contribution in [0.4, 0.5) is 15.3 Å². The Morgan fingerprint density at radius 2 is 1.19 bits per heavy atom. The highest BCUT2D eigenvalue weighted by molar-refractivity contribution is 5.89. The Bertz CT molecular complexity index is 2320. The number of hydrogen-bond acceptors (Lipinski definition) is 9. The third-order valence-corrected chi connectivity index (χ3v) is 16.6. The van der Waals surface area contributed by atoms with Crippen molar-refractivity contribution in [3.63, 3.8) is 0 Å². The van der Waals surface area contributed by atoms with Crippen LogP contribution in [0.3, 0.4) is 0 Å². The summed E-state index contributed by atoms with van der Waals surface area (Å²) < 4.78 is 10.9. The number of morpholine rings is 2. The smallest absolute Gasteiger partial charge is 0.318 e. The number of rotatable bonds is 11. The molecule has 3 aromatic rings. The summed E-state index contributed by atoms with van der Waals surface area (Å²) in [5.41, 5.74) is 7.87. The number of aromatic amines is 2. The van der Waals surface area contributed by atoms with E-state index in [9.17, 15) is 19.2 Å². The van der Waals surface area contributed by atoms with Crippen LogP contribution in [-0.4, -0.2) is 154 Å². The molecule has 0 unspecified atom stereocenters. The Labute approximate surface area is 407 Å². The molecule has 1 aromatic carbocycles. The van der Waals surface area contributed by atoms with Gasteiger partial charge in [0.25, 0.3) is 0 Å². The van der Waals surface area contributed by atoms with E-state index in [2.05, 4.69) is 37.6 Å². The second-order valence-corrected chi connectivity index (χ2v) is 21.8. The van der Waals surface area contributed by atoms with E-state index < -0.39 is 12.1 Å². The Kier molecular flexibility index (Phi) is 14.0. The predicted molar refractivity (Wildman–Crippen MR) is 262 cm³/mol. The van der Waals surface area contributed by atoms with Gasteiger partial charge in [0.2, 0.25) is 11.8 Å². The lowest BCUT2D eigenvalue weighted by Crippen LogP contribution is -2.55. The number of amides is 6. The molecule has 5 saturated heterocycles. The van der Waals surface area contributed by atoms with Crippen LogP contribution in [0.2, 0.25) is 0 Å². The zero-order chi connectivity index (χ0) is 47.8. The van der Waals surface area contributed by atoms with Gasteiger partial charge in [-0.15, -0.1) is 0 Å². The molecule has 4 atom stereocenters. The number of H-pyrrole nitrogens is 2. The van der Waals surface area contributed by atoms with Gasteiger partial charge in [-0.25, -0.2) is 19.6 Å². The molecule has 374 valence electrons. The Morgan fingerprint density at radius 1 is 0.652 bits per heavy atom. The molecule has 69 heavy (non-hydrogen) atoms. The minimum absolute atomic E-state index is 0.0448. The second-order valence-electron chi connectivity index (χ2n) is 21.8. The minimum atomic E-state index is -0.629. The van der Waals surface area contributed by atoms with Crippen LogP contribution >= 0.6 is 0 Å². The van der Waals surface area contributed by atoms with Gasteiger partial charge in [0.05, 0.1) is 50.4 Å². The molecular formula is C52H75N11O6. The third kappa shape index (κ3) is 9.83. The third-order valence-electron chi connectivity index (χ3n) is 16.6. The van der Waals surface area contributed by atoms with E-state index in [0.29, 0.717) is 77.0 Å². The summed E-state index contributed by atoms with van der Waals surface area (Å²) >= 11 is 0. The first kappa shape index (κ1) is 47.5. The molecule has 2 aromatic heterocycles. The number of carbonyl (C=O) groups excluding carboxylic acids is 4. The van der Waals surface area contributed by atoms with Gasteiger partial charge in [0.1, 0.15) is 23.7 Å². The van der Waals surface area contributed by atoms with E-state index in [1.807, 2.05) is 49.9 Å². The molecule has 0 radical (unpaired) electrons. The normalized spacial score (nSPS) is 23.9. The van der Waals surface area contributed by atoms with Gasteiger partial charge in [-0.2, -0.15) is 0 Å². The van der Waals surface area contributed by atoms with Crippen LogP contribution in [-0.2, 0) is 31.9 Å². The standard InChI is InChI=1S/C52H75N11O6/c1-33(2)44(57-50(66)60-19-23-68-24-20-60)48(64)62-15-7-9-42(62)46-53-31-40(55-46)35-11-17-59(18-12-35)37-27-36-29-52(13-5-6-14-52)30-39(36)38(28-37)41-32-54-47(56-41)43-10-8-16-63(43)49(65)45(34(3)4)58-51(67)61-21-25-69-26-22-61/h27-28,31-35,42-45H,5-26,29-30H2,1-4H3,(H,53,55)(H,54,56)(H,57,66)(H,58,67)/t42-,43-,44-,45-/m0/s1. The van der Waals surface area contributed by atoms with Gasteiger partial charge >= 0.3 is 12.1 Å². The lowest BCUT2D eigenvalue weighted by molar-refractivity contribution is -0.136. The lowest BCUT2D eigenvalue weighted by Gasteiger charge is -2.34. The quantitative estimate of drug-likeness (QED) is 0.171. The number of carbonyl (C=O) groups is 4. The zero-order valence-corrected chi connectivity index (χ0v) is 41.4. The van der Waals surface area contributed by atoms with Gasteiger partial charge < -0.3 is 54.6 Å². The number of likely N-dealkylation sites (tertiary alicyclic amines) is 2. The van der Waals surface area contributed by atoms with E-state index in [4.69, 9.17) is 19.4 Å². The first-order chi connectivity index (χ1) is 33.4. The van der Waals surface area contributed by atoms with Crippen LogP contribution in [0.5, 0.6) is 0 Å². The van der Waals surface area contributed by atoms with E-state index in [0.717, 1.165) is 87.5 Å². The minimum Gasteiger partial charge on any atom is -0.378 e. The molecule has 7 aliphatic rings. The Morgan fingerprint density at radius 3 is 1.74 bits per heavy atom. The zero-order valence-electron chi connectivity index (χ0n) is 41.4. The number of imidazole rings is 2. The molecule has 10 rings (SSSR count). The molecule has 1 saturated carbocycles. The van der Waals surface area contributed by atoms with Crippen LogP contribution in [0.15, 0.2) is 24.5 Å². The van der Waals surface area contributed by atoms with E-state index in [1.54, 1.807) is 9.80 Å². The number of piperidine rings is 1. The summed E-state index contributed by atoms with van der Waals surface area (Å²) in [5.74, 6) is 1.75. The number of urea groups is 2. The molecule has 6 fully saturated rings. The number of aromatic nitrogens is 4. The number of nitrogens with one attached hydrogen (secondary N) is 4. The fraction of sp³-hybridized carbons (Fsp3) is 0.692. The summed E-state index contributed by atoms with van der Waals surface area (Å²) in [6.45, 7) is 15.2. The molecule has 17 heteroatoms. The molecule has 2 aliphatic carbocycles.